The van der Waals surface area contributed by atoms with Crippen LogP contribution in [0.3, 0.4) is 0 Å². The van der Waals surface area contributed by atoms with Gasteiger partial charge < -0.3 is 20.9 Å². The number of carbonyl (C=O) groups is 1. The van der Waals surface area contributed by atoms with E-state index in [1.165, 1.54) is 34.9 Å². The van der Waals surface area contributed by atoms with Crippen LogP contribution in [0.1, 0.15) is 49.3 Å². The number of nitrogens with one attached hydrogen (secondary N) is 2. The van der Waals surface area contributed by atoms with Crippen LogP contribution in [0.15, 0.2) is 132 Å². The third kappa shape index (κ3) is 13.3. The second-order valence-electron chi connectivity index (χ2n) is 14.3. The summed E-state index contributed by atoms with van der Waals surface area (Å²) in [6, 6.07) is 38.9. The van der Waals surface area contributed by atoms with Gasteiger partial charge in [0.15, 0.2) is 0 Å². The third-order valence-corrected chi connectivity index (χ3v) is 11.0. The van der Waals surface area contributed by atoms with E-state index in [0.717, 1.165) is 33.5 Å². The Morgan fingerprint density at radius 1 is 0.516 bits per heavy atom. The van der Waals surface area contributed by atoms with Gasteiger partial charge in [-0.3, -0.25) is 4.79 Å². The molecule has 9 aromatic rings. The molecule has 0 saturated carbocycles. The summed E-state index contributed by atoms with van der Waals surface area (Å²) in [5.41, 5.74) is 11.2. The van der Waals surface area contributed by atoms with Gasteiger partial charge in [0.1, 0.15) is 33.1 Å². The third-order valence-electron chi connectivity index (χ3n) is 9.58. The molecule has 0 radical (unpaired) electrons. The molecule has 0 atom stereocenters. The van der Waals surface area contributed by atoms with Gasteiger partial charge in [-0.25, -0.2) is 13.1 Å². The van der Waals surface area contributed by atoms with Crippen molar-refractivity contribution < 1.29 is 28.8 Å². The van der Waals surface area contributed by atoms with E-state index in [0.29, 0.717) is 49.4 Å². The summed E-state index contributed by atoms with van der Waals surface area (Å²) in [5.74, 6) is -0.210. The van der Waals surface area contributed by atoms with Gasteiger partial charge in [-0.1, -0.05) is 110 Å². The van der Waals surface area contributed by atoms with Crippen molar-refractivity contribution in [3.8, 4) is 0 Å². The molecule has 6 aromatic carbocycles. The Hall–Kier alpha value is -5.01. The summed E-state index contributed by atoms with van der Waals surface area (Å²) in [7, 11) is -3.68. The second-order valence-corrected chi connectivity index (χ2v) is 16.0. The molecule has 0 fully saturated rings. The Balaban J connectivity index is 0.000000207. The fraction of sp³-hybridized carbons (Fsp3) is 0.140. The Morgan fingerprint density at radius 2 is 0.922 bits per heavy atom. The van der Waals surface area contributed by atoms with Crippen LogP contribution < -0.4 is 10.0 Å². The van der Waals surface area contributed by atoms with Crippen LogP contribution in [0.25, 0.3) is 33.1 Å². The van der Waals surface area contributed by atoms with Crippen LogP contribution >= 0.6 is 0 Å². The van der Waals surface area contributed by atoms with Gasteiger partial charge in [0.05, 0.1) is 4.90 Å². The zero-order chi connectivity index (χ0) is 43.1. The van der Waals surface area contributed by atoms with Crippen LogP contribution in [0, 0.1) is 20.8 Å². The molecule has 0 spiro atoms. The first-order chi connectivity index (χ1) is 29.3. The van der Waals surface area contributed by atoms with Gasteiger partial charge in [-0.2, -0.15) is 0 Å². The molecule has 0 unspecified atom stereocenters. The Kier molecular flexibility index (Phi) is 18.8. The quantitative estimate of drug-likeness (QED) is 0.131. The average molecular weight is 1470 g/mol. The summed E-state index contributed by atoms with van der Waals surface area (Å²) in [4.78, 5) is 14.2. The molecular formula is C43H47N11O6Po3S. The fourth-order valence-electron chi connectivity index (χ4n) is 6.06. The van der Waals surface area contributed by atoms with Crippen molar-refractivity contribution in [2.24, 2.45) is 0 Å². The van der Waals surface area contributed by atoms with E-state index in [9.17, 15) is 28.8 Å². The van der Waals surface area contributed by atoms with Crippen molar-refractivity contribution in [2.75, 3.05) is 0 Å². The van der Waals surface area contributed by atoms with Crippen LogP contribution in [0.4, 0.5) is 0 Å². The molecule has 0 aliphatic rings. The number of hydrogen-bond donors (Lipinski definition) is 5. The molecule has 334 valence electrons. The van der Waals surface area contributed by atoms with E-state index >= 15 is 0 Å². The number of fused-ring (bicyclic) bond motifs is 3. The van der Waals surface area contributed by atoms with Crippen molar-refractivity contribution in [1.82, 2.24) is 55.5 Å². The van der Waals surface area contributed by atoms with Crippen LogP contribution in [-0.2, 0) is 29.5 Å². The molecule has 9 rings (SSSR count). The zero-order valence-corrected chi connectivity index (χ0v) is 47.2. The minimum absolute atomic E-state index is 0. The Morgan fingerprint density at radius 3 is 1.44 bits per heavy atom. The predicted molar refractivity (Wildman–Crippen MR) is 251 cm³/mol. The molecule has 17 nitrogen and oxygen atoms in total. The topological polar surface area (TPSA) is 228 Å². The van der Waals surface area contributed by atoms with Crippen molar-refractivity contribution >= 4 is 129 Å². The van der Waals surface area contributed by atoms with Gasteiger partial charge in [-0.15, -0.1) is 15.3 Å². The van der Waals surface area contributed by atoms with Crippen molar-refractivity contribution in [2.45, 2.75) is 45.2 Å². The molecule has 0 aliphatic heterocycles. The maximum absolute atomic E-state index is 12.3. The van der Waals surface area contributed by atoms with Gasteiger partial charge in [0.2, 0.25) is 10.0 Å². The number of amides is 1. The van der Waals surface area contributed by atoms with E-state index in [4.69, 9.17) is 0 Å². The molecule has 64 heavy (non-hydrogen) atoms. The average Bonchev–Trinajstić information content (AvgIpc) is 3.96. The number of sulfonamides is 1. The molecule has 3 aromatic heterocycles. The van der Waals surface area contributed by atoms with Crippen molar-refractivity contribution in [3.63, 3.8) is 0 Å². The van der Waals surface area contributed by atoms with E-state index in [2.05, 4.69) is 72.2 Å². The molecule has 1 amide bonds. The maximum atomic E-state index is 12.3. The summed E-state index contributed by atoms with van der Waals surface area (Å²) < 4.78 is 27.1. The molecular weight excluding hydrogens is 1430 g/mol. The summed E-state index contributed by atoms with van der Waals surface area (Å²) in [6.07, 6.45) is 0.835. The van der Waals surface area contributed by atoms with E-state index in [-0.39, 0.29) is 103 Å². The van der Waals surface area contributed by atoms with Crippen LogP contribution in [0.5, 0.6) is 0 Å². The molecule has 21 heteroatoms. The Bertz CT molecular complexity index is 3070. The van der Waals surface area contributed by atoms with Gasteiger partial charge in [-0.05, 0) is 114 Å². The fourth-order valence-corrected chi connectivity index (χ4v) is 7.10. The number of aryl methyl sites for hydroxylation is 3. The standard InChI is InChI=1S/C15H14N4O2.C14H14N4O3S.C14H13N3O.3Po.6H/c1-10-2-4-11(5-3-10)9-16-15(20)12-6-7-13-14(8-12)19(21)18-17-13;1-10-2-4-11(5-3-10)9-15-22(20,21)12-6-7-13-14(8-12)18(19)17-16-13;1-10-2-4-11(5-3-10)8-12-6-7-13-14(9-12)17(18)16-15-13;;;;;;;;;/h2-8,21H,9H2,1H3,(H,16,20);2-8,15,19H,9H2,1H3;2-7,9,18H,8H2,1H3;;;;;;;;;. The summed E-state index contributed by atoms with van der Waals surface area (Å²) in [5, 5.41) is 53.0. The molecule has 0 aliphatic carbocycles. The molecule has 5 N–H and O–H groups in total. The number of aromatic nitrogens is 9. The summed E-state index contributed by atoms with van der Waals surface area (Å²) >= 11 is 0. The number of rotatable bonds is 9. The predicted octanol–water partition coefficient (Wildman–Crippen LogP) is 3.18. The molecule has 0 bridgehead atoms. The molecule has 0 saturated heterocycles. The van der Waals surface area contributed by atoms with Crippen LogP contribution in [-0.4, -0.2) is 155 Å². The minimum atomic E-state index is -3.68. The number of nitrogens with zero attached hydrogens (tertiary/aromatic N) is 9. The van der Waals surface area contributed by atoms with E-state index in [1.54, 1.807) is 18.2 Å². The Labute approximate surface area is 426 Å². The monoisotopic (exact) mass is 1470 g/mol. The van der Waals surface area contributed by atoms with Crippen LogP contribution in [0.2, 0.25) is 0 Å². The van der Waals surface area contributed by atoms with Gasteiger partial charge >= 0.3 is 79.7 Å². The summed E-state index contributed by atoms with van der Waals surface area (Å²) in [6.45, 7) is 6.70. The van der Waals surface area contributed by atoms with Gasteiger partial charge in [0, 0.05) is 18.7 Å². The molecule has 3 heterocycles. The number of carbonyl (C=O) groups excluding carboxylic acids is 1. The zero-order valence-electron chi connectivity index (χ0n) is 34.7. The first-order valence-electron chi connectivity index (χ1n) is 18.9. The normalized spacial score (nSPS) is 10.7. The van der Waals surface area contributed by atoms with Crippen molar-refractivity contribution in [3.05, 3.63) is 172 Å². The van der Waals surface area contributed by atoms with Crippen molar-refractivity contribution in [1.29, 1.82) is 0 Å². The van der Waals surface area contributed by atoms with Gasteiger partial charge in [0.25, 0.3) is 5.91 Å². The number of benzene rings is 6. The SMILES string of the molecule is Cc1ccc(CNC(=O)c2ccc3nnn(O)c3c2)cc1.Cc1ccc(CNS(=O)(=O)c2ccc3nnn(O)c3c2)cc1.Cc1ccc(Cc2ccc3nnn(O)c3c2)cc1.[PoH2].[PoH2].[PoH2]. The number of hydrogen-bond acceptors (Lipinski definition) is 12. The van der Waals surface area contributed by atoms with E-state index in [1.807, 2.05) is 80.6 Å². The van der Waals surface area contributed by atoms with E-state index < -0.39 is 10.0 Å². The second kappa shape index (κ2) is 23.3. The first-order valence-corrected chi connectivity index (χ1v) is 20.4. The first kappa shape index (κ1) is 51.6.